The summed E-state index contributed by atoms with van der Waals surface area (Å²) >= 11 is 0. The number of hydrogen-bond acceptors (Lipinski definition) is 4. The van der Waals surface area contributed by atoms with Crippen LogP contribution in [0.5, 0.6) is 0 Å². The summed E-state index contributed by atoms with van der Waals surface area (Å²) in [5.41, 5.74) is -0.936. The van der Waals surface area contributed by atoms with Crippen molar-refractivity contribution in [2.24, 2.45) is 11.8 Å². The molecule has 0 amide bonds. The zero-order valence-corrected chi connectivity index (χ0v) is 19.8. The Morgan fingerprint density at radius 1 is 1.22 bits per heavy atom. The molecule has 6 heteroatoms. The Hall–Kier alpha value is -0.240. The van der Waals surface area contributed by atoms with E-state index >= 15 is 0 Å². The molecule has 2 rings (SSSR count). The van der Waals surface area contributed by atoms with Crippen molar-refractivity contribution in [3.05, 3.63) is 11.4 Å². The van der Waals surface area contributed by atoms with Gasteiger partial charge in [-0.3, -0.25) is 0 Å². The van der Waals surface area contributed by atoms with E-state index < -0.39 is 19.9 Å². The van der Waals surface area contributed by atoms with Gasteiger partial charge in [-0.05, 0) is 54.4 Å². The Balaban J connectivity index is 2.58. The van der Waals surface area contributed by atoms with Crippen LogP contribution in [0.1, 0.15) is 70.6 Å². The van der Waals surface area contributed by atoms with Gasteiger partial charge in [0.15, 0.2) is 8.45 Å². The molecule has 0 radical (unpaired) electrons. The molecule has 5 atom stereocenters. The maximum Gasteiger partial charge on any atom is 0.238 e. The van der Waals surface area contributed by atoms with Gasteiger partial charge in [0, 0.05) is 25.4 Å². The highest BCUT2D eigenvalue weighted by atomic mass is 31.2. The van der Waals surface area contributed by atoms with Gasteiger partial charge < -0.3 is 14.1 Å². The third kappa shape index (κ3) is 3.47. The summed E-state index contributed by atoms with van der Waals surface area (Å²) in [7, 11) is -1.09. The van der Waals surface area contributed by atoms with E-state index in [9.17, 15) is 0 Å². The molecular weight excluding hydrogens is 357 g/mol. The Morgan fingerprint density at radius 3 is 2.19 bits per heavy atom. The van der Waals surface area contributed by atoms with Crippen molar-refractivity contribution in [1.29, 1.82) is 0 Å². The Bertz CT molecular complexity index is 593. The Labute approximate surface area is 169 Å². The fourth-order valence-corrected chi connectivity index (χ4v) is 8.39. The zero-order valence-electron chi connectivity index (χ0n) is 19.9. The van der Waals surface area contributed by atoms with Gasteiger partial charge in [-0.2, -0.15) is 0 Å². The average Bonchev–Trinajstić information content (AvgIpc) is 2.88. The van der Waals surface area contributed by atoms with Gasteiger partial charge in [0.1, 0.15) is 6.61 Å². The average molecular weight is 399 g/mol. The Kier molecular flexibility index (Phi) is 6.56. The van der Waals surface area contributed by atoms with Gasteiger partial charge in [-0.15, -0.1) is 0 Å². The normalized spacial score (nSPS) is 35.1. The molecule has 0 saturated carbocycles. The van der Waals surface area contributed by atoms with E-state index in [1.807, 2.05) is 13.8 Å². The van der Waals surface area contributed by atoms with Gasteiger partial charge in [0.25, 0.3) is 0 Å². The lowest BCUT2D eigenvalue weighted by atomic mass is 9.71. The maximum absolute atomic E-state index is 9.02. The highest BCUT2D eigenvalue weighted by Crippen LogP contribution is 2.67. The van der Waals surface area contributed by atoms with Crippen LogP contribution >= 0.6 is 8.45 Å². The smallest absolute Gasteiger partial charge is 0.238 e. The first-order valence-corrected chi connectivity index (χ1v) is 11.4. The third-order valence-electron chi connectivity index (χ3n) is 6.36. The highest BCUT2D eigenvalue weighted by Gasteiger charge is 2.72. The summed E-state index contributed by atoms with van der Waals surface area (Å²) in [4.78, 5) is 3.49. The first kappa shape index (κ1) is 21.5. The van der Waals surface area contributed by atoms with E-state index in [2.05, 4.69) is 69.6 Å². The highest BCUT2D eigenvalue weighted by molar-refractivity contribution is 7.47. The van der Waals surface area contributed by atoms with E-state index in [4.69, 9.17) is 17.2 Å². The second-order valence-corrected chi connectivity index (χ2v) is 10.9. The summed E-state index contributed by atoms with van der Waals surface area (Å²) in [6.07, 6.45) is 0.0447. The number of morpholine rings is 1. The molecule has 2 bridgehead atoms. The molecule has 0 spiro atoms. The first-order valence-electron chi connectivity index (χ1n) is 10.8. The molecule has 3 unspecified atom stereocenters. The quantitative estimate of drug-likeness (QED) is 0.320. The van der Waals surface area contributed by atoms with Crippen molar-refractivity contribution >= 4 is 8.45 Å². The standard InChI is InChI=1S/C21H40N3O2P/c1-14(2)21-17(7)19(18(8)26-21)24(20(21,9)10)27(25-13-12-22-11)23(15(3)4)16(5)6/h14-19H,12-13H2,1-10H3/t17?,18-,19+,21?,27?/m0/s1/i14D. The van der Waals surface area contributed by atoms with Crippen molar-refractivity contribution in [3.8, 4) is 0 Å². The summed E-state index contributed by atoms with van der Waals surface area (Å²) in [5, 5.41) is 0. The molecule has 0 aromatic heterocycles. The lowest BCUT2D eigenvalue weighted by Gasteiger charge is -2.55. The van der Waals surface area contributed by atoms with Crippen LogP contribution in [-0.4, -0.2) is 57.9 Å². The molecule has 2 heterocycles. The lowest BCUT2D eigenvalue weighted by molar-refractivity contribution is -0.166. The van der Waals surface area contributed by atoms with Crippen LogP contribution < -0.4 is 0 Å². The topological polar surface area (TPSA) is 29.3 Å². The molecule has 2 aliphatic rings. The monoisotopic (exact) mass is 398 g/mol. The van der Waals surface area contributed by atoms with Crippen molar-refractivity contribution in [3.63, 3.8) is 0 Å². The van der Waals surface area contributed by atoms with Gasteiger partial charge >= 0.3 is 0 Å². The maximum atomic E-state index is 9.02. The van der Waals surface area contributed by atoms with Crippen LogP contribution in [0.3, 0.4) is 0 Å². The van der Waals surface area contributed by atoms with Crippen LogP contribution in [0.25, 0.3) is 4.85 Å². The minimum Gasteiger partial charge on any atom is -0.368 e. The molecule has 0 aromatic rings. The van der Waals surface area contributed by atoms with Gasteiger partial charge in [0.2, 0.25) is 6.54 Å². The van der Waals surface area contributed by atoms with Crippen LogP contribution in [-0.2, 0) is 9.26 Å². The van der Waals surface area contributed by atoms with Crippen LogP contribution in [0.2, 0.25) is 0 Å². The summed E-state index contributed by atoms with van der Waals surface area (Å²) < 4.78 is 27.1. The van der Waals surface area contributed by atoms with Crippen molar-refractivity contribution in [1.82, 2.24) is 9.34 Å². The van der Waals surface area contributed by atoms with Crippen LogP contribution in [0.4, 0.5) is 0 Å². The minimum atomic E-state index is -1.09. The Morgan fingerprint density at radius 2 is 1.78 bits per heavy atom. The predicted octanol–water partition coefficient (Wildman–Crippen LogP) is 5.18. The van der Waals surface area contributed by atoms with Crippen molar-refractivity contribution in [2.45, 2.75) is 105 Å². The molecule has 5 nitrogen and oxygen atoms in total. The molecule has 27 heavy (non-hydrogen) atoms. The van der Waals surface area contributed by atoms with E-state index in [1.165, 1.54) is 0 Å². The number of rotatable bonds is 8. The fraction of sp³-hybridized carbons (Fsp3) is 0.952. The number of nitrogens with zero attached hydrogens (tertiary/aromatic N) is 3. The van der Waals surface area contributed by atoms with Crippen LogP contribution in [0, 0.1) is 18.4 Å². The largest absolute Gasteiger partial charge is 0.368 e. The molecule has 0 aromatic carbocycles. The number of ether oxygens (including phenoxy) is 1. The van der Waals surface area contributed by atoms with Gasteiger partial charge in [0.05, 0.1) is 17.2 Å². The molecule has 2 fully saturated rings. The van der Waals surface area contributed by atoms with Crippen molar-refractivity contribution < 1.29 is 10.6 Å². The number of fused-ring (bicyclic) bond motifs is 2. The van der Waals surface area contributed by atoms with E-state index in [0.717, 1.165) is 0 Å². The molecule has 0 aliphatic carbocycles. The second-order valence-electron chi connectivity index (χ2n) is 9.28. The molecule has 0 N–H and O–H groups in total. The lowest BCUT2D eigenvalue weighted by Crippen LogP contribution is -2.63. The van der Waals surface area contributed by atoms with E-state index in [0.29, 0.717) is 25.2 Å². The predicted molar refractivity (Wildman–Crippen MR) is 113 cm³/mol. The van der Waals surface area contributed by atoms with Gasteiger partial charge in [-0.1, -0.05) is 20.8 Å². The second kappa shape index (κ2) is 8.25. The van der Waals surface area contributed by atoms with Gasteiger partial charge in [-0.25, -0.2) is 15.9 Å². The third-order valence-corrected chi connectivity index (χ3v) is 9.23. The minimum absolute atomic E-state index is 0.0447. The summed E-state index contributed by atoms with van der Waals surface area (Å²) in [6.45, 7) is 29.6. The molecule has 2 aliphatic heterocycles. The molecule has 156 valence electrons. The van der Waals surface area contributed by atoms with E-state index in [1.54, 1.807) is 0 Å². The summed E-state index contributed by atoms with van der Waals surface area (Å²) in [5.74, 6) is -0.522. The fourth-order valence-electron chi connectivity index (χ4n) is 5.68. The van der Waals surface area contributed by atoms with Crippen molar-refractivity contribution in [2.75, 3.05) is 13.2 Å². The first-order chi connectivity index (χ1) is 12.8. The van der Waals surface area contributed by atoms with E-state index in [-0.39, 0.29) is 23.6 Å². The van der Waals surface area contributed by atoms with Crippen LogP contribution in [0.15, 0.2) is 0 Å². The zero-order chi connectivity index (χ0) is 21.7. The molecular formula is C21H40N3O2P. The number of hydrogen-bond donors (Lipinski definition) is 0. The SMILES string of the molecule is [2H]C(C)(C)C12O[C@@H](C)[C@@H](C1C)N(P(OCC[N+]#[C-])N(C(C)C)C(C)C)C2(C)C. The summed E-state index contributed by atoms with van der Waals surface area (Å²) in [6, 6.07) is 0.833. The molecule has 2 saturated heterocycles.